The minimum Gasteiger partial charge on any atom is -0.508 e. The molecule has 148 valence electrons. The molecule has 6 nitrogen and oxygen atoms in total. The Morgan fingerprint density at radius 3 is 2.32 bits per heavy atom. The highest BCUT2D eigenvalue weighted by Gasteiger charge is 2.22. The molecule has 2 aromatic carbocycles. The van der Waals surface area contributed by atoms with Crippen LogP contribution in [-0.2, 0) is 16.6 Å². The van der Waals surface area contributed by atoms with E-state index in [1.165, 1.54) is 39.4 Å². The van der Waals surface area contributed by atoms with Crippen LogP contribution in [0.15, 0.2) is 53.6 Å². The van der Waals surface area contributed by atoms with Gasteiger partial charge in [-0.1, -0.05) is 6.07 Å². The van der Waals surface area contributed by atoms with Gasteiger partial charge in [0.05, 0.1) is 10.4 Å². The summed E-state index contributed by atoms with van der Waals surface area (Å²) < 4.78 is 27.6. The molecule has 2 heterocycles. The number of rotatable bonds is 4. The van der Waals surface area contributed by atoms with E-state index in [0.29, 0.717) is 5.52 Å². The van der Waals surface area contributed by atoms with E-state index >= 15 is 0 Å². The second-order valence-electron chi connectivity index (χ2n) is 7.48. The van der Waals surface area contributed by atoms with Gasteiger partial charge in [0.1, 0.15) is 5.75 Å². The molecule has 0 unspecified atom stereocenters. The number of fused-ring (bicyclic) bond motifs is 1. The van der Waals surface area contributed by atoms with Crippen molar-refractivity contribution in [3.05, 3.63) is 59.8 Å². The number of hydrogen-bond acceptors (Lipinski definition) is 5. The summed E-state index contributed by atoms with van der Waals surface area (Å²) in [5.74, 6) is 0.0430. The van der Waals surface area contributed by atoms with Crippen molar-refractivity contribution in [1.82, 2.24) is 13.8 Å². The molecule has 1 aromatic heterocycles. The summed E-state index contributed by atoms with van der Waals surface area (Å²) in [6, 6.07) is 11.4. The lowest BCUT2D eigenvalue weighted by molar-refractivity contribution is 0.148. The smallest absolute Gasteiger partial charge is 0.268 e. The molecule has 0 radical (unpaired) electrons. The van der Waals surface area contributed by atoms with Crippen molar-refractivity contribution >= 4 is 20.9 Å². The number of aromatic hydroxyl groups is 1. The highest BCUT2D eigenvalue weighted by atomic mass is 32.2. The second-order valence-corrected chi connectivity index (χ2v) is 9.30. The van der Waals surface area contributed by atoms with Crippen LogP contribution in [0.3, 0.4) is 0 Å². The molecule has 1 aliphatic heterocycles. The maximum atomic E-state index is 13.1. The predicted octanol–water partition coefficient (Wildman–Crippen LogP) is 2.64. The molecule has 28 heavy (non-hydrogen) atoms. The Morgan fingerprint density at radius 2 is 1.64 bits per heavy atom. The van der Waals surface area contributed by atoms with Gasteiger partial charge in [-0.15, -0.1) is 0 Å². The van der Waals surface area contributed by atoms with Gasteiger partial charge in [0.25, 0.3) is 10.0 Å². The fourth-order valence-electron chi connectivity index (χ4n) is 3.74. The van der Waals surface area contributed by atoms with Crippen LogP contribution in [-0.4, -0.2) is 60.5 Å². The predicted molar refractivity (Wildman–Crippen MR) is 110 cm³/mol. The fraction of sp³-hybridized carbons (Fsp3) is 0.333. The lowest BCUT2D eigenvalue weighted by Crippen LogP contribution is -2.44. The number of aryl methyl sites for hydroxylation is 1. The van der Waals surface area contributed by atoms with E-state index in [0.717, 1.165) is 38.1 Å². The number of phenols is 1. The molecule has 0 saturated carbocycles. The molecular formula is C21H25N3O3S. The van der Waals surface area contributed by atoms with Gasteiger partial charge in [-0.3, -0.25) is 4.90 Å². The summed E-state index contributed by atoms with van der Waals surface area (Å²) in [5.41, 5.74) is 3.04. The number of piperazine rings is 1. The Hall–Kier alpha value is -2.35. The topological polar surface area (TPSA) is 65.8 Å². The number of phenolic OH excluding ortho intramolecular Hbond substituents is 1. The van der Waals surface area contributed by atoms with E-state index in [1.54, 1.807) is 6.20 Å². The first-order chi connectivity index (χ1) is 13.4. The van der Waals surface area contributed by atoms with Crippen LogP contribution < -0.4 is 0 Å². The Kier molecular flexibility index (Phi) is 4.91. The van der Waals surface area contributed by atoms with Gasteiger partial charge in [-0.05, 0) is 61.5 Å². The third-order valence-electron chi connectivity index (χ3n) is 5.55. The van der Waals surface area contributed by atoms with Crippen LogP contribution in [0, 0.1) is 6.92 Å². The Bertz CT molecular complexity index is 1100. The first-order valence-corrected chi connectivity index (χ1v) is 10.9. The highest BCUT2D eigenvalue weighted by Crippen LogP contribution is 2.28. The van der Waals surface area contributed by atoms with E-state index < -0.39 is 10.0 Å². The van der Waals surface area contributed by atoms with Crippen LogP contribution in [0.2, 0.25) is 0 Å². The molecule has 4 rings (SSSR count). The summed E-state index contributed by atoms with van der Waals surface area (Å²) in [4.78, 5) is 4.90. The molecule has 1 N–H and O–H groups in total. The van der Waals surface area contributed by atoms with Gasteiger partial charge in [0, 0.05) is 44.3 Å². The van der Waals surface area contributed by atoms with E-state index in [2.05, 4.69) is 23.8 Å². The first-order valence-electron chi connectivity index (χ1n) is 9.41. The van der Waals surface area contributed by atoms with Crippen LogP contribution in [0.25, 0.3) is 10.9 Å². The summed E-state index contributed by atoms with van der Waals surface area (Å²) in [7, 11) is -1.59. The molecule has 0 bridgehead atoms. The van der Waals surface area contributed by atoms with Crippen LogP contribution >= 0.6 is 0 Å². The van der Waals surface area contributed by atoms with Gasteiger partial charge < -0.3 is 10.0 Å². The average Bonchev–Trinajstić information content (AvgIpc) is 3.11. The molecule has 0 amide bonds. The van der Waals surface area contributed by atoms with Gasteiger partial charge in [0.15, 0.2) is 0 Å². The molecule has 7 heteroatoms. The molecule has 1 saturated heterocycles. The quantitative estimate of drug-likeness (QED) is 0.731. The summed E-state index contributed by atoms with van der Waals surface area (Å²) >= 11 is 0. The van der Waals surface area contributed by atoms with Crippen molar-refractivity contribution in [1.29, 1.82) is 0 Å². The van der Waals surface area contributed by atoms with E-state index in [4.69, 9.17) is 0 Å². The minimum atomic E-state index is -3.72. The van der Waals surface area contributed by atoms with E-state index in [9.17, 15) is 13.5 Å². The number of aromatic nitrogens is 1. The Labute approximate surface area is 165 Å². The second kappa shape index (κ2) is 7.24. The number of hydrogen-bond donors (Lipinski definition) is 1. The van der Waals surface area contributed by atoms with Crippen molar-refractivity contribution in [2.24, 2.45) is 0 Å². The maximum Gasteiger partial charge on any atom is 0.268 e. The standard InChI is InChI=1S/C21H25N3O3S/c1-16-3-8-21-19(20(16)15-23-13-11-22(2)12-14-23)9-10-24(21)28(26,27)18-6-4-17(25)5-7-18/h3-10,25H,11-15H2,1-2H3. The SMILES string of the molecule is Cc1ccc2c(ccn2S(=O)(=O)c2ccc(O)cc2)c1CN1CCN(C)CC1. The zero-order valence-corrected chi connectivity index (χ0v) is 17.0. The minimum absolute atomic E-state index is 0.0430. The van der Waals surface area contributed by atoms with Gasteiger partial charge in [0.2, 0.25) is 0 Å². The maximum absolute atomic E-state index is 13.1. The summed E-state index contributed by atoms with van der Waals surface area (Å²) in [5, 5.41) is 10.4. The van der Waals surface area contributed by atoms with E-state index in [-0.39, 0.29) is 10.6 Å². The van der Waals surface area contributed by atoms with Crippen LogP contribution in [0.1, 0.15) is 11.1 Å². The van der Waals surface area contributed by atoms with Crippen molar-refractivity contribution in [3.8, 4) is 5.75 Å². The third kappa shape index (κ3) is 3.41. The van der Waals surface area contributed by atoms with Crippen molar-refractivity contribution < 1.29 is 13.5 Å². The lowest BCUT2D eigenvalue weighted by atomic mass is 10.0. The normalized spacial score (nSPS) is 16.6. The van der Waals surface area contributed by atoms with Crippen molar-refractivity contribution in [2.75, 3.05) is 33.2 Å². The molecule has 0 atom stereocenters. The fourth-order valence-corrected chi connectivity index (χ4v) is 5.09. The van der Waals surface area contributed by atoms with Gasteiger partial charge >= 0.3 is 0 Å². The van der Waals surface area contributed by atoms with E-state index in [1.807, 2.05) is 18.2 Å². The molecular weight excluding hydrogens is 374 g/mol. The molecule has 0 spiro atoms. The number of nitrogens with zero attached hydrogens (tertiary/aromatic N) is 3. The highest BCUT2D eigenvalue weighted by molar-refractivity contribution is 7.90. The number of benzene rings is 2. The third-order valence-corrected chi connectivity index (χ3v) is 7.26. The Balaban J connectivity index is 1.73. The summed E-state index contributed by atoms with van der Waals surface area (Å²) in [6.45, 7) is 7.02. The first kappa shape index (κ1) is 19.0. The van der Waals surface area contributed by atoms with Crippen molar-refractivity contribution in [3.63, 3.8) is 0 Å². The van der Waals surface area contributed by atoms with Crippen molar-refractivity contribution in [2.45, 2.75) is 18.4 Å². The number of likely N-dealkylation sites (N-methyl/N-ethyl adjacent to an activating group) is 1. The van der Waals surface area contributed by atoms with Gasteiger partial charge in [-0.2, -0.15) is 0 Å². The zero-order chi connectivity index (χ0) is 19.9. The zero-order valence-electron chi connectivity index (χ0n) is 16.2. The molecule has 3 aromatic rings. The monoisotopic (exact) mass is 399 g/mol. The average molecular weight is 400 g/mol. The molecule has 0 aliphatic carbocycles. The molecule has 1 fully saturated rings. The summed E-state index contributed by atoms with van der Waals surface area (Å²) in [6.07, 6.45) is 1.62. The Morgan fingerprint density at radius 1 is 0.964 bits per heavy atom. The van der Waals surface area contributed by atoms with Crippen LogP contribution in [0.4, 0.5) is 0 Å². The van der Waals surface area contributed by atoms with Gasteiger partial charge in [-0.25, -0.2) is 12.4 Å². The largest absolute Gasteiger partial charge is 0.508 e. The van der Waals surface area contributed by atoms with Crippen LogP contribution in [0.5, 0.6) is 5.75 Å². The molecule has 1 aliphatic rings. The lowest BCUT2D eigenvalue weighted by Gasteiger charge is -2.32.